The normalized spacial score (nSPS) is 8.29. The van der Waals surface area contributed by atoms with Crippen molar-refractivity contribution >= 4 is 21.9 Å². The lowest BCUT2D eigenvalue weighted by Gasteiger charge is -1.89. The standard InChI is InChI=1S/C4H6BrO2/c1-7-4(6)2-3-5/h1-3H2. The first kappa shape index (κ1) is 6.95. The van der Waals surface area contributed by atoms with Gasteiger partial charge < -0.3 is 4.74 Å². The molecule has 7 heavy (non-hydrogen) atoms. The third kappa shape index (κ3) is 3.79. The van der Waals surface area contributed by atoms with Crippen LogP contribution in [0.15, 0.2) is 0 Å². The van der Waals surface area contributed by atoms with E-state index in [0.717, 1.165) is 0 Å². The predicted octanol–water partition coefficient (Wildman–Crippen LogP) is 1.11. The van der Waals surface area contributed by atoms with Gasteiger partial charge >= 0.3 is 5.97 Å². The number of rotatable bonds is 2. The topological polar surface area (TPSA) is 26.3 Å². The zero-order valence-electron chi connectivity index (χ0n) is 3.82. The Labute approximate surface area is 51.0 Å². The molecule has 1 radical (unpaired) electrons. The van der Waals surface area contributed by atoms with Crippen molar-refractivity contribution in [3.8, 4) is 0 Å². The smallest absolute Gasteiger partial charge is 0.306 e. The van der Waals surface area contributed by atoms with E-state index < -0.39 is 0 Å². The molecular formula is C4H6BrO2. The average molecular weight is 166 g/mol. The maximum atomic E-state index is 10.1. The van der Waals surface area contributed by atoms with Crippen LogP contribution in [0.1, 0.15) is 6.42 Å². The molecule has 41 valence electrons. The van der Waals surface area contributed by atoms with Crippen LogP contribution in [0.5, 0.6) is 0 Å². The van der Waals surface area contributed by atoms with E-state index in [1.165, 1.54) is 0 Å². The number of hydrogen-bond donors (Lipinski definition) is 0. The quantitative estimate of drug-likeness (QED) is 0.453. The van der Waals surface area contributed by atoms with Gasteiger partial charge in [0.15, 0.2) is 0 Å². The third-order valence-electron chi connectivity index (χ3n) is 0.460. The summed E-state index contributed by atoms with van der Waals surface area (Å²) >= 11 is 3.06. The Morgan fingerprint density at radius 2 is 2.43 bits per heavy atom. The van der Waals surface area contributed by atoms with Gasteiger partial charge in [-0.25, -0.2) is 0 Å². The summed E-state index contributed by atoms with van der Waals surface area (Å²) < 4.78 is 4.07. The van der Waals surface area contributed by atoms with Gasteiger partial charge in [0.25, 0.3) is 0 Å². The molecule has 0 fully saturated rings. The second-order valence-electron chi connectivity index (χ2n) is 0.955. The van der Waals surface area contributed by atoms with Crippen molar-refractivity contribution in [2.45, 2.75) is 6.42 Å². The van der Waals surface area contributed by atoms with Gasteiger partial charge in [-0.3, -0.25) is 4.79 Å². The molecule has 0 atom stereocenters. The Morgan fingerprint density at radius 3 is 2.57 bits per heavy atom. The number of esters is 1. The minimum atomic E-state index is -0.281. The average Bonchev–Trinajstić information content (AvgIpc) is 1.68. The predicted molar refractivity (Wildman–Crippen MR) is 29.9 cm³/mol. The van der Waals surface area contributed by atoms with Crippen LogP contribution in [-0.2, 0) is 9.53 Å². The summed E-state index contributed by atoms with van der Waals surface area (Å²) in [5.41, 5.74) is 0. The highest BCUT2D eigenvalue weighted by atomic mass is 79.9. The van der Waals surface area contributed by atoms with Crippen LogP contribution in [0.25, 0.3) is 0 Å². The lowest BCUT2D eigenvalue weighted by Crippen LogP contribution is -1.97. The van der Waals surface area contributed by atoms with Crippen molar-refractivity contribution in [2.75, 3.05) is 5.33 Å². The molecule has 2 nitrogen and oxygen atoms in total. The van der Waals surface area contributed by atoms with E-state index in [0.29, 0.717) is 11.8 Å². The van der Waals surface area contributed by atoms with Gasteiger partial charge in [-0.1, -0.05) is 15.9 Å². The zero-order chi connectivity index (χ0) is 5.70. The van der Waals surface area contributed by atoms with E-state index >= 15 is 0 Å². The second kappa shape index (κ2) is 4.12. The molecule has 0 bridgehead atoms. The fraction of sp³-hybridized carbons (Fsp3) is 0.500. The second-order valence-corrected chi connectivity index (χ2v) is 1.75. The van der Waals surface area contributed by atoms with Gasteiger partial charge in [0.2, 0.25) is 0 Å². The monoisotopic (exact) mass is 165 g/mol. The SMILES string of the molecule is [CH2]OC(=O)CCBr. The molecule has 0 spiro atoms. The highest BCUT2D eigenvalue weighted by Gasteiger charge is 1.93. The highest BCUT2D eigenvalue weighted by Crippen LogP contribution is 1.88. The van der Waals surface area contributed by atoms with Gasteiger partial charge in [0.05, 0.1) is 6.42 Å². The minimum absolute atomic E-state index is 0.281. The van der Waals surface area contributed by atoms with Crippen molar-refractivity contribution in [3.63, 3.8) is 0 Å². The van der Waals surface area contributed by atoms with E-state index in [1.807, 2.05) is 0 Å². The molecule has 0 aromatic carbocycles. The van der Waals surface area contributed by atoms with Crippen LogP contribution in [0, 0.1) is 7.11 Å². The van der Waals surface area contributed by atoms with Gasteiger partial charge in [-0.15, -0.1) is 0 Å². The summed E-state index contributed by atoms with van der Waals surface area (Å²) in [5.74, 6) is -0.281. The summed E-state index contributed by atoms with van der Waals surface area (Å²) in [5, 5.41) is 0.640. The molecule has 0 N–H and O–H groups in total. The van der Waals surface area contributed by atoms with Crippen molar-refractivity contribution in [2.24, 2.45) is 0 Å². The fourth-order valence-electron chi connectivity index (χ4n) is 0.149. The Kier molecular flexibility index (Phi) is 4.09. The van der Waals surface area contributed by atoms with Gasteiger partial charge in [-0.05, 0) is 0 Å². The molecule has 0 saturated heterocycles. The maximum absolute atomic E-state index is 10.1. The van der Waals surface area contributed by atoms with Gasteiger partial charge in [0.1, 0.15) is 7.11 Å². The molecule has 0 heterocycles. The summed E-state index contributed by atoms with van der Waals surface area (Å²) in [4.78, 5) is 10.1. The Hall–Kier alpha value is -0.0500. The number of carbonyl (C=O) groups is 1. The number of halogens is 1. The molecule has 0 amide bonds. The van der Waals surface area contributed by atoms with Crippen LogP contribution >= 0.6 is 15.9 Å². The lowest BCUT2D eigenvalue weighted by atomic mass is 10.5. The number of alkyl halides is 1. The van der Waals surface area contributed by atoms with Crippen molar-refractivity contribution in [1.82, 2.24) is 0 Å². The number of carbonyl (C=O) groups excluding carboxylic acids is 1. The van der Waals surface area contributed by atoms with Gasteiger partial charge in [-0.2, -0.15) is 0 Å². The summed E-state index contributed by atoms with van der Waals surface area (Å²) in [6, 6.07) is 0. The van der Waals surface area contributed by atoms with Crippen LogP contribution < -0.4 is 0 Å². The first-order chi connectivity index (χ1) is 3.31. The molecule has 0 rings (SSSR count). The molecule has 0 aromatic heterocycles. The Balaban J connectivity index is 3.00. The number of hydrogen-bond acceptors (Lipinski definition) is 2. The fourth-order valence-corrected chi connectivity index (χ4v) is 0.473. The van der Waals surface area contributed by atoms with Crippen LogP contribution in [0.3, 0.4) is 0 Å². The number of ether oxygens (including phenoxy) is 1. The molecule has 3 heteroatoms. The molecule has 0 aliphatic rings. The van der Waals surface area contributed by atoms with Crippen molar-refractivity contribution in [1.29, 1.82) is 0 Å². The van der Waals surface area contributed by atoms with E-state index in [9.17, 15) is 4.79 Å². The first-order valence-corrected chi connectivity index (χ1v) is 2.94. The summed E-state index contributed by atoms with van der Waals surface area (Å²) in [6.45, 7) is 0. The summed E-state index contributed by atoms with van der Waals surface area (Å²) in [6.07, 6.45) is 0.392. The van der Waals surface area contributed by atoms with E-state index in [2.05, 4.69) is 27.8 Å². The third-order valence-corrected chi connectivity index (χ3v) is 0.856. The minimum Gasteiger partial charge on any atom is -0.462 e. The van der Waals surface area contributed by atoms with Crippen LogP contribution in [-0.4, -0.2) is 11.3 Å². The molecule has 0 unspecified atom stereocenters. The Bertz CT molecular complexity index is 62.7. The zero-order valence-corrected chi connectivity index (χ0v) is 5.40. The lowest BCUT2D eigenvalue weighted by molar-refractivity contribution is -0.137. The largest absolute Gasteiger partial charge is 0.462 e. The van der Waals surface area contributed by atoms with Crippen molar-refractivity contribution in [3.05, 3.63) is 7.11 Å². The first-order valence-electron chi connectivity index (χ1n) is 1.82. The van der Waals surface area contributed by atoms with E-state index in [4.69, 9.17) is 0 Å². The summed E-state index contributed by atoms with van der Waals surface area (Å²) in [7, 11) is 2.93. The molecule has 0 aliphatic carbocycles. The highest BCUT2D eigenvalue weighted by molar-refractivity contribution is 9.09. The van der Waals surface area contributed by atoms with Crippen molar-refractivity contribution < 1.29 is 9.53 Å². The molecule has 0 aliphatic heterocycles. The van der Waals surface area contributed by atoms with Crippen LogP contribution in [0.2, 0.25) is 0 Å². The molecule has 0 saturated carbocycles. The molecule has 0 aromatic rings. The van der Waals surface area contributed by atoms with Crippen LogP contribution in [0.4, 0.5) is 0 Å². The van der Waals surface area contributed by atoms with E-state index in [1.54, 1.807) is 0 Å². The molecular weight excluding hydrogens is 160 g/mol. The van der Waals surface area contributed by atoms with E-state index in [-0.39, 0.29) is 5.97 Å². The van der Waals surface area contributed by atoms with Gasteiger partial charge in [0, 0.05) is 5.33 Å². The Morgan fingerprint density at radius 1 is 1.86 bits per heavy atom. The maximum Gasteiger partial charge on any atom is 0.306 e.